The summed E-state index contributed by atoms with van der Waals surface area (Å²) < 4.78 is 0. The fourth-order valence-corrected chi connectivity index (χ4v) is 4.43. The van der Waals surface area contributed by atoms with Crippen molar-refractivity contribution in [2.24, 2.45) is 0 Å². The van der Waals surface area contributed by atoms with E-state index in [9.17, 15) is 9.90 Å². The third-order valence-corrected chi connectivity index (χ3v) is 5.85. The normalized spacial score (nSPS) is 17.8. The Kier molecular flexibility index (Phi) is 5.13. The highest BCUT2D eigenvalue weighted by Gasteiger charge is 2.43. The maximum absolute atomic E-state index is 12.8. The van der Waals surface area contributed by atoms with Crippen molar-refractivity contribution in [1.29, 1.82) is 0 Å². The minimum atomic E-state index is -0.530. The van der Waals surface area contributed by atoms with Gasteiger partial charge in [0.25, 0.3) is 0 Å². The molecule has 0 saturated heterocycles. The lowest BCUT2D eigenvalue weighted by Gasteiger charge is -2.26. The molecular weight excluding hydrogens is 306 g/mol. The van der Waals surface area contributed by atoms with Crippen LogP contribution in [-0.4, -0.2) is 17.6 Å². The lowest BCUT2D eigenvalue weighted by Crippen LogP contribution is -2.42. The van der Waals surface area contributed by atoms with E-state index in [-0.39, 0.29) is 11.3 Å². The first-order chi connectivity index (χ1) is 11.2. The molecule has 2 aromatic rings. The summed E-state index contributed by atoms with van der Waals surface area (Å²) in [6.45, 7) is 0.502. The Morgan fingerprint density at radius 1 is 1.17 bits per heavy atom. The lowest BCUT2D eigenvalue weighted by molar-refractivity contribution is -0.126. The molecule has 4 heteroatoms. The van der Waals surface area contributed by atoms with Gasteiger partial charge in [-0.15, -0.1) is 11.3 Å². The molecule has 0 spiro atoms. The molecule has 3 nitrogen and oxygen atoms in total. The Morgan fingerprint density at radius 2 is 1.91 bits per heavy atom. The van der Waals surface area contributed by atoms with Crippen molar-refractivity contribution in [3.05, 3.63) is 58.3 Å². The van der Waals surface area contributed by atoms with Crippen molar-refractivity contribution < 1.29 is 9.90 Å². The molecule has 3 rings (SSSR count). The fraction of sp³-hybridized carbons (Fsp3) is 0.421. The Balaban J connectivity index is 1.58. The van der Waals surface area contributed by atoms with Crippen molar-refractivity contribution >= 4 is 17.2 Å². The van der Waals surface area contributed by atoms with E-state index >= 15 is 0 Å². The molecule has 23 heavy (non-hydrogen) atoms. The highest BCUT2D eigenvalue weighted by Crippen LogP contribution is 2.43. The van der Waals surface area contributed by atoms with Crippen LogP contribution >= 0.6 is 11.3 Å². The number of nitrogens with one attached hydrogen (secondary N) is 1. The van der Waals surface area contributed by atoms with Crippen LogP contribution < -0.4 is 5.32 Å². The van der Waals surface area contributed by atoms with Gasteiger partial charge in [-0.3, -0.25) is 4.79 Å². The summed E-state index contributed by atoms with van der Waals surface area (Å²) in [7, 11) is 0. The fourth-order valence-electron chi connectivity index (χ4n) is 3.45. The maximum atomic E-state index is 12.8. The number of rotatable bonds is 6. The molecule has 1 aliphatic carbocycles. The zero-order valence-corrected chi connectivity index (χ0v) is 14.0. The van der Waals surface area contributed by atoms with E-state index in [2.05, 4.69) is 11.4 Å². The monoisotopic (exact) mass is 329 g/mol. The zero-order chi connectivity index (χ0) is 16.1. The number of carbonyl (C=O) groups excluding carboxylic acids is 1. The standard InChI is InChI=1S/C19H23NO2S/c21-16(15-7-2-1-3-8-15)10-13-20-18(22)19(11-4-5-12-19)17-9-6-14-23-17/h1-3,6-9,14,16,21H,4-5,10-13H2,(H,20,22)/t16-/m0/s1. The smallest absolute Gasteiger partial charge is 0.231 e. The maximum Gasteiger partial charge on any atom is 0.231 e. The van der Waals surface area contributed by atoms with E-state index in [1.807, 2.05) is 41.8 Å². The van der Waals surface area contributed by atoms with Crippen LogP contribution in [-0.2, 0) is 10.2 Å². The molecule has 2 N–H and O–H groups in total. The van der Waals surface area contributed by atoms with Gasteiger partial charge in [-0.25, -0.2) is 0 Å². The van der Waals surface area contributed by atoms with Gasteiger partial charge in [0.1, 0.15) is 0 Å². The minimum absolute atomic E-state index is 0.123. The van der Waals surface area contributed by atoms with E-state index in [4.69, 9.17) is 0 Å². The topological polar surface area (TPSA) is 49.3 Å². The summed E-state index contributed by atoms with van der Waals surface area (Å²) >= 11 is 1.67. The molecule has 0 bridgehead atoms. The number of hydrogen-bond donors (Lipinski definition) is 2. The third kappa shape index (κ3) is 3.48. The second kappa shape index (κ2) is 7.28. The number of aliphatic hydroxyl groups excluding tert-OH is 1. The molecule has 1 atom stereocenters. The molecule has 1 heterocycles. The number of aliphatic hydroxyl groups is 1. The van der Waals surface area contributed by atoms with Gasteiger partial charge in [0.2, 0.25) is 5.91 Å². The van der Waals surface area contributed by atoms with Crippen LogP contribution in [0.1, 0.15) is 48.6 Å². The van der Waals surface area contributed by atoms with E-state index in [1.165, 1.54) is 4.88 Å². The number of amides is 1. The van der Waals surface area contributed by atoms with Crippen LogP contribution in [0.5, 0.6) is 0 Å². The van der Waals surface area contributed by atoms with Crippen LogP contribution in [0.3, 0.4) is 0 Å². The van der Waals surface area contributed by atoms with E-state index in [0.29, 0.717) is 13.0 Å². The van der Waals surface area contributed by atoms with Crippen LogP contribution in [0, 0.1) is 0 Å². The summed E-state index contributed by atoms with van der Waals surface area (Å²) in [6.07, 6.45) is 4.09. The molecule has 1 fully saturated rings. The highest BCUT2D eigenvalue weighted by atomic mass is 32.1. The molecule has 0 unspecified atom stereocenters. The van der Waals surface area contributed by atoms with Gasteiger partial charge in [-0.2, -0.15) is 0 Å². The van der Waals surface area contributed by atoms with E-state index in [0.717, 1.165) is 31.2 Å². The quantitative estimate of drug-likeness (QED) is 0.847. The van der Waals surface area contributed by atoms with Gasteiger partial charge in [-0.05, 0) is 36.3 Å². The molecule has 1 aromatic carbocycles. The summed E-state index contributed by atoms with van der Waals surface area (Å²) in [6, 6.07) is 13.7. The molecule has 0 aliphatic heterocycles. The largest absolute Gasteiger partial charge is 0.388 e. The minimum Gasteiger partial charge on any atom is -0.388 e. The van der Waals surface area contributed by atoms with E-state index < -0.39 is 6.10 Å². The Labute approximate surface area is 141 Å². The number of hydrogen-bond acceptors (Lipinski definition) is 3. The van der Waals surface area contributed by atoms with Crippen molar-refractivity contribution in [2.45, 2.75) is 43.6 Å². The van der Waals surface area contributed by atoms with Crippen LogP contribution in [0.25, 0.3) is 0 Å². The van der Waals surface area contributed by atoms with Gasteiger partial charge in [0, 0.05) is 11.4 Å². The second-order valence-corrected chi connectivity index (χ2v) is 7.19. The first-order valence-electron chi connectivity index (χ1n) is 8.28. The lowest BCUT2D eigenvalue weighted by atomic mass is 9.83. The predicted octanol–water partition coefficient (Wildman–Crippen LogP) is 3.80. The third-order valence-electron chi connectivity index (χ3n) is 4.77. The van der Waals surface area contributed by atoms with Gasteiger partial charge in [-0.1, -0.05) is 49.2 Å². The highest BCUT2D eigenvalue weighted by molar-refractivity contribution is 7.10. The van der Waals surface area contributed by atoms with Crippen LogP contribution in [0.15, 0.2) is 47.8 Å². The van der Waals surface area contributed by atoms with Crippen molar-refractivity contribution in [3.8, 4) is 0 Å². The molecule has 1 saturated carbocycles. The zero-order valence-electron chi connectivity index (χ0n) is 13.2. The molecule has 122 valence electrons. The Morgan fingerprint density at radius 3 is 2.57 bits per heavy atom. The summed E-state index contributed by atoms with van der Waals surface area (Å²) in [5, 5.41) is 15.3. The van der Waals surface area contributed by atoms with Gasteiger partial charge in [0.15, 0.2) is 0 Å². The molecule has 1 aromatic heterocycles. The summed E-state index contributed by atoms with van der Waals surface area (Å²) in [4.78, 5) is 14.0. The van der Waals surface area contributed by atoms with Gasteiger partial charge < -0.3 is 10.4 Å². The van der Waals surface area contributed by atoms with Crippen molar-refractivity contribution in [2.75, 3.05) is 6.54 Å². The average Bonchev–Trinajstić information content (AvgIpc) is 3.27. The summed E-state index contributed by atoms with van der Waals surface area (Å²) in [5.41, 5.74) is 0.557. The second-order valence-electron chi connectivity index (χ2n) is 6.24. The van der Waals surface area contributed by atoms with Gasteiger partial charge >= 0.3 is 0 Å². The number of thiophene rings is 1. The van der Waals surface area contributed by atoms with Crippen molar-refractivity contribution in [1.82, 2.24) is 5.32 Å². The number of benzene rings is 1. The first kappa shape index (κ1) is 16.2. The SMILES string of the molecule is O=C(NCC[C@H](O)c1ccccc1)C1(c2cccs2)CCCC1. The van der Waals surface area contributed by atoms with Crippen LogP contribution in [0.2, 0.25) is 0 Å². The van der Waals surface area contributed by atoms with Crippen molar-refractivity contribution in [3.63, 3.8) is 0 Å². The average molecular weight is 329 g/mol. The summed E-state index contributed by atoms with van der Waals surface area (Å²) in [5.74, 6) is 0.123. The van der Waals surface area contributed by atoms with E-state index in [1.54, 1.807) is 11.3 Å². The molecular formula is C19H23NO2S. The first-order valence-corrected chi connectivity index (χ1v) is 9.16. The Bertz CT molecular complexity index is 618. The number of carbonyl (C=O) groups is 1. The Hall–Kier alpha value is -1.65. The molecule has 0 radical (unpaired) electrons. The van der Waals surface area contributed by atoms with Crippen LogP contribution in [0.4, 0.5) is 0 Å². The molecule has 1 aliphatic rings. The molecule has 1 amide bonds. The predicted molar refractivity (Wildman–Crippen MR) is 93.5 cm³/mol. The van der Waals surface area contributed by atoms with Gasteiger partial charge in [0.05, 0.1) is 11.5 Å².